The largest absolute Gasteiger partial charge is 0.354 e. The number of likely N-dealkylation sites (N-methyl/N-ethyl adjacent to an activating group) is 1. The molecule has 1 saturated heterocycles. The first kappa shape index (κ1) is 17.6. The molecule has 0 spiro atoms. The summed E-state index contributed by atoms with van der Waals surface area (Å²) in [6, 6.07) is 7.77. The normalized spacial score (nSPS) is 15.2. The standard InChI is InChI=1S/C18H22ClN5O/c1-23-8-10-24(11-9-23)17(25)15-12-21-18(22-13-15)20-7-6-14-2-4-16(19)5-3-14/h2-5,12-13H,6-11H2,1H3,(H,20,21,22). The fourth-order valence-electron chi connectivity index (χ4n) is 2.69. The van der Waals surface area contributed by atoms with Crippen LogP contribution in [0, 0.1) is 0 Å². The van der Waals surface area contributed by atoms with Crippen molar-refractivity contribution in [2.24, 2.45) is 0 Å². The number of carbonyl (C=O) groups excluding carboxylic acids is 1. The van der Waals surface area contributed by atoms with Gasteiger partial charge >= 0.3 is 0 Å². The third kappa shape index (κ3) is 4.90. The van der Waals surface area contributed by atoms with Crippen molar-refractivity contribution in [2.75, 3.05) is 45.1 Å². The summed E-state index contributed by atoms with van der Waals surface area (Å²) in [7, 11) is 2.06. The number of halogens is 1. The van der Waals surface area contributed by atoms with Gasteiger partial charge in [0, 0.05) is 50.1 Å². The van der Waals surface area contributed by atoms with Gasteiger partial charge in [0.25, 0.3) is 5.91 Å². The van der Waals surface area contributed by atoms with Crippen molar-refractivity contribution in [3.8, 4) is 0 Å². The minimum Gasteiger partial charge on any atom is -0.354 e. The Kier molecular flexibility index (Phi) is 5.83. The molecule has 0 atom stereocenters. The van der Waals surface area contributed by atoms with Crippen LogP contribution < -0.4 is 5.32 Å². The molecule has 132 valence electrons. The first-order chi connectivity index (χ1) is 12.1. The Bertz CT molecular complexity index is 696. The van der Waals surface area contributed by atoms with Crippen LogP contribution in [0.25, 0.3) is 0 Å². The van der Waals surface area contributed by atoms with Crippen LogP contribution in [0.2, 0.25) is 5.02 Å². The van der Waals surface area contributed by atoms with E-state index in [2.05, 4.69) is 27.2 Å². The SMILES string of the molecule is CN1CCN(C(=O)c2cnc(NCCc3ccc(Cl)cc3)nc2)CC1. The fourth-order valence-corrected chi connectivity index (χ4v) is 2.82. The molecule has 0 unspecified atom stereocenters. The summed E-state index contributed by atoms with van der Waals surface area (Å²) in [5.74, 6) is 0.532. The maximum absolute atomic E-state index is 12.4. The molecule has 0 radical (unpaired) electrons. The second-order valence-corrected chi connectivity index (χ2v) is 6.63. The molecule has 3 rings (SSSR count). The average Bonchev–Trinajstić information content (AvgIpc) is 2.64. The second kappa shape index (κ2) is 8.27. The van der Waals surface area contributed by atoms with Crippen LogP contribution >= 0.6 is 11.6 Å². The van der Waals surface area contributed by atoms with Crippen molar-refractivity contribution in [1.29, 1.82) is 0 Å². The lowest BCUT2D eigenvalue weighted by molar-refractivity contribution is 0.0663. The Morgan fingerprint density at radius 2 is 1.76 bits per heavy atom. The molecule has 0 bridgehead atoms. The van der Waals surface area contributed by atoms with Crippen molar-refractivity contribution >= 4 is 23.5 Å². The van der Waals surface area contributed by atoms with Gasteiger partial charge in [-0.3, -0.25) is 4.79 Å². The van der Waals surface area contributed by atoms with Gasteiger partial charge in [-0.1, -0.05) is 23.7 Å². The van der Waals surface area contributed by atoms with Crippen LogP contribution in [0.5, 0.6) is 0 Å². The van der Waals surface area contributed by atoms with Crippen LogP contribution in [0.15, 0.2) is 36.7 Å². The van der Waals surface area contributed by atoms with Gasteiger partial charge in [-0.15, -0.1) is 0 Å². The molecule has 2 heterocycles. The van der Waals surface area contributed by atoms with Gasteiger partial charge < -0.3 is 15.1 Å². The van der Waals surface area contributed by atoms with Gasteiger partial charge in [-0.2, -0.15) is 0 Å². The summed E-state index contributed by atoms with van der Waals surface area (Å²) in [5.41, 5.74) is 1.73. The zero-order chi connectivity index (χ0) is 17.6. The Labute approximate surface area is 152 Å². The Morgan fingerprint density at radius 1 is 1.12 bits per heavy atom. The molecule has 6 nitrogen and oxygen atoms in total. The highest BCUT2D eigenvalue weighted by Crippen LogP contribution is 2.11. The van der Waals surface area contributed by atoms with Crippen molar-refractivity contribution in [2.45, 2.75) is 6.42 Å². The molecule has 0 saturated carbocycles. The summed E-state index contributed by atoms with van der Waals surface area (Å²) < 4.78 is 0. The quantitative estimate of drug-likeness (QED) is 0.886. The molecule has 0 aliphatic carbocycles. The first-order valence-corrected chi connectivity index (χ1v) is 8.78. The molecular weight excluding hydrogens is 338 g/mol. The third-order valence-corrected chi connectivity index (χ3v) is 4.55. The lowest BCUT2D eigenvalue weighted by Crippen LogP contribution is -2.47. The third-order valence-electron chi connectivity index (χ3n) is 4.30. The summed E-state index contributed by atoms with van der Waals surface area (Å²) in [6.07, 6.45) is 4.04. The first-order valence-electron chi connectivity index (χ1n) is 8.40. The molecule has 1 aromatic heterocycles. The number of rotatable bonds is 5. The number of carbonyl (C=O) groups is 1. The fraction of sp³-hybridized carbons (Fsp3) is 0.389. The molecule has 7 heteroatoms. The molecule has 1 amide bonds. The number of anilines is 1. The molecule has 1 aliphatic rings. The number of piperazine rings is 1. The number of hydrogen-bond acceptors (Lipinski definition) is 5. The van der Waals surface area contributed by atoms with E-state index in [0.29, 0.717) is 18.1 Å². The van der Waals surface area contributed by atoms with Gasteiger partial charge in [0.05, 0.1) is 5.56 Å². The minimum absolute atomic E-state index is 0.000754. The molecule has 1 N–H and O–H groups in total. The number of benzene rings is 1. The van der Waals surface area contributed by atoms with E-state index in [4.69, 9.17) is 11.6 Å². The highest BCUT2D eigenvalue weighted by atomic mass is 35.5. The highest BCUT2D eigenvalue weighted by Gasteiger charge is 2.20. The van der Waals surface area contributed by atoms with E-state index in [0.717, 1.165) is 37.6 Å². The zero-order valence-electron chi connectivity index (χ0n) is 14.3. The predicted molar refractivity (Wildman–Crippen MR) is 99.1 cm³/mol. The predicted octanol–water partition coefficient (Wildman–Crippen LogP) is 2.17. The lowest BCUT2D eigenvalue weighted by atomic mass is 10.1. The Morgan fingerprint density at radius 3 is 2.40 bits per heavy atom. The Hall–Kier alpha value is -2.18. The molecule has 1 fully saturated rings. The van der Waals surface area contributed by atoms with Crippen molar-refractivity contribution in [3.05, 3.63) is 52.8 Å². The maximum atomic E-state index is 12.4. The summed E-state index contributed by atoms with van der Waals surface area (Å²) >= 11 is 5.88. The molecule has 1 aromatic carbocycles. The summed E-state index contributed by atoms with van der Waals surface area (Å²) in [6.45, 7) is 4.01. The summed E-state index contributed by atoms with van der Waals surface area (Å²) in [4.78, 5) is 25.0. The molecule has 25 heavy (non-hydrogen) atoms. The highest BCUT2D eigenvalue weighted by molar-refractivity contribution is 6.30. The van der Waals surface area contributed by atoms with Gasteiger partial charge in [0.2, 0.25) is 5.95 Å². The van der Waals surface area contributed by atoms with Crippen LogP contribution in [-0.4, -0.2) is 65.4 Å². The molecule has 1 aliphatic heterocycles. The van der Waals surface area contributed by atoms with Crippen LogP contribution in [-0.2, 0) is 6.42 Å². The number of hydrogen-bond donors (Lipinski definition) is 1. The minimum atomic E-state index is 0.000754. The van der Waals surface area contributed by atoms with Crippen molar-refractivity contribution in [3.63, 3.8) is 0 Å². The van der Waals surface area contributed by atoms with E-state index < -0.39 is 0 Å². The van der Waals surface area contributed by atoms with E-state index in [1.165, 1.54) is 5.56 Å². The van der Waals surface area contributed by atoms with Crippen LogP contribution in [0.3, 0.4) is 0 Å². The number of amides is 1. The van der Waals surface area contributed by atoms with Crippen LogP contribution in [0.1, 0.15) is 15.9 Å². The van der Waals surface area contributed by atoms with E-state index in [1.807, 2.05) is 29.2 Å². The van der Waals surface area contributed by atoms with Gasteiger partial charge in [-0.05, 0) is 31.2 Å². The average molecular weight is 360 g/mol. The molecule has 2 aromatic rings. The molecular formula is C18H22ClN5O. The number of nitrogens with zero attached hydrogens (tertiary/aromatic N) is 4. The number of nitrogens with one attached hydrogen (secondary N) is 1. The van der Waals surface area contributed by atoms with E-state index in [1.54, 1.807) is 12.4 Å². The van der Waals surface area contributed by atoms with E-state index in [-0.39, 0.29) is 5.91 Å². The van der Waals surface area contributed by atoms with Crippen molar-refractivity contribution < 1.29 is 4.79 Å². The lowest BCUT2D eigenvalue weighted by Gasteiger charge is -2.32. The second-order valence-electron chi connectivity index (χ2n) is 6.19. The zero-order valence-corrected chi connectivity index (χ0v) is 15.0. The van der Waals surface area contributed by atoms with E-state index >= 15 is 0 Å². The van der Waals surface area contributed by atoms with Gasteiger partial charge in [0.15, 0.2) is 0 Å². The van der Waals surface area contributed by atoms with Crippen molar-refractivity contribution in [1.82, 2.24) is 19.8 Å². The number of aromatic nitrogens is 2. The summed E-state index contributed by atoms with van der Waals surface area (Å²) in [5, 5.41) is 3.91. The van der Waals surface area contributed by atoms with Gasteiger partial charge in [-0.25, -0.2) is 9.97 Å². The smallest absolute Gasteiger partial charge is 0.257 e. The van der Waals surface area contributed by atoms with Gasteiger partial charge in [0.1, 0.15) is 0 Å². The monoisotopic (exact) mass is 359 g/mol. The Balaban J connectivity index is 1.50. The topological polar surface area (TPSA) is 61.4 Å². The maximum Gasteiger partial charge on any atom is 0.257 e. The van der Waals surface area contributed by atoms with E-state index in [9.17, 15) is 4.79 Å². The van der Waals surface area contributed by atoms with Crippen LogP contribution in [0.4, 0.5) is 5.95 Å².